The molecule has 1 saturated heterocycles. The van der Waals surface area contributed by atoms with E-state index in [0.717, 1.165) is 0 Å². The molecule has 0 radical (unpaired) electrons. The first-order valence-electron chi connectivity index (χ1n) is 7.52. The van der Waals surface area contributed by atoms with Crippen LogP contribution in [-0.2, 0) is 9.53 Å². The Balaban J connectivity index is 2.92. The number of β-amino-alcohol motifs (C(OH)–C–C–N with tert-alkyl or cyclic N) is 1. The van der Waals surface area contributed by atoms with Crippen LogP contribution in [0.5, 0.6) is 0 Å². The molecule has 6 heteroatoms. The Hall–Kier alpha value is -1.30. The van der Waals surface area contributed by atoms with Crippen LogP contribution < -0.4 is 0 Å². The van der Waals surface area contributed by atoms with Crippen LogP contribution in [0, 0.1) is 11.8 Å². The molecule has 2 amide bonds. The van der Waals surface area contributed by atoms with E-state index in [1.54, 1.807) is 4.90 Å². The molecule has 6 nitrogen and oxygen atoms in total. The first-order valence-corrected chi connectivity index (χ1v) is 7.52. The van der Waals surface area contributed by atoms with Gasteiger partial charge in [0.25, 0.3) is 0 Å². The average molecular weight is 300 g/mol. The molecular formula is C15H28N2O4. The summed E-state index contributed by atoms with van der Waals surface area (Å²) in [6.45, 7) is 9.02. The minimum atomic E-state index is -1.11. The highest BCUT2D eigenvalue weighted by molar-refractivity contribution is 5.76. The molecule has 21 heavy (non-hydrogen) atoms. The lowest BCUT2D eigenvalue weighted by molar-refractivity contribution is -0.135. The molecule has 0 bridgehead atoms. The molecule has 0 aromatic rings. The van der Waals surface area contributed by atoms with Gasteiger partial charge in [0.2, 0.25) is 5.91 Å². The number of carbonyl (C=O) groups excluding carboxylic acids is 2. The molecule has 0 spiro atoms. The molecule has 0 aliphatic carbocycles. The van der Waals surface area contributed by atoms with Crippen LogP contribution in [0.25, 0.3) is 0 Å². The number of aliphatic hydroxyl groups is 1. The van der Waals surface area contributed by atoms with E-state index in [-0.39, 0.29) is 30.8 Å². The van der Waals surface area contributed by atoms with E-state index in [4.69, 9.17) is 4.74 Å². The van der Waals surface area contributed by atoms with E-state index in [2.05, 4.69) is 0 Å². The highest BCUT2D eigenvalue weighted by atomic mass is 16.5. The molecule has 1 fully saturated rings. The smallest absolute Gasteiger partial charge is 0.409 e. The van der Waals surface area contributed by atoms with Gasteiger partial charge in [-0.1, -0.05) is 27.7 Å². The van der Waals surface area contributed by atoms with Crippen molar-refractivity contribution in [2.45, 2.75) is 39.7 Å². The molecule has 122 valence electrons. The van der Waals surface area contributed by atoms with Crippen molar-refractivity contribution in [3.05, 3.63) is 0 Å². The van der Waals surface area contributed by atoms with Crippen molar-refractivity contribution in [1.29, 1.82) is 0 Å². The first kappa shape index (κ1) is 17.8. The molecule has 1 unspecified atom stereocenters. The standard InChI is InChI=1S/C15H28N2O4/c1-11(2)8-13(18)16-6-7-17(14(19)21-5)10-15(20,9-16)12(3)4/h11-12,20H,6-10H2,1-5H3. The van der Waals surface area contributed by atoms with Crippen molar-refractivity contribution >= 4 is 12.0 Å². The Morgan fingerprint density at radius 1 is 1.14 bits per heavy atom. The minimum Gasteiger partial charge on any atom is -0.453 e. The maximum absolute atomic E-state index is 12.3. The summed E-state index contributed by atoms with van der Waals surface area (Å²) in [7, 11) is 1.32. The van der Waals surface area contributed by atoms with Crippen LogP contribution in [0.4, 0.5) is 4.79 Å². The summed E-state index contributed by atoms with van der Waals surface area (Å²) in [5.41, 5.74) is -1.11. The Labute approximate surface area is 127 Å². The second-order valence-electron chi connectivity index (χ2n) is 6.56. The maximum atomic E-state index is 12.3. The van der Waals surface area contributed by atoms with Crippen LogP contribution in [0.15, 0.2) is 0 Å². The summed E-state index contributed by atoms with van der Waals surface area (Å²) in [5.74, 6) is 0.220. The Kier molecular flexibility index (Phi) is 6.01. The highest BCUT2D eigenvalue weighted by Gasteiger charge is 2.40. The third-order valence-electron chi connectivity index (χ3n) is 4.01. The lowest BCUT2D eigenvalue weighted by atomic mass is 9.89. The highest BCUT2D eigenvalue weighted by Crippen LogP contribution is 2.24. The third kappa shape index (κ3) is 4.59. The molecule has 1 aliphatic rings. The molecular weight excluding hydrogens is 272 g/mol. The van der Waals surface area contributed by atoms with Crippen molar-refractivity contribution in [2.24, 2.45) is 11.8 Å². The molecule has 1 N–H and O–H groups in total. The molecule has 1 atom stereocenters. The van der Waals surface area contributed by atoms with Gasteiger partial charge in [0.1, 0.15) is 5.60 Å². The van der Waals surface area contributed by atoms with E-state index >= 15 is 0 Å². The lowest BCUT2D eigenvalue weighted by Gasteiger charge is -2.36. The number of amides is 2. The van der Waals surface area contributed by atoms with E-state index in [0.29, 0.717) is 19.5 Å². The van der Waals surface area contributed by atoms with E-state index in [1.165, 1.54) is 12.0 Å². The number of methoxy groups -OCH3 is 1. The van der Waals surface area contributed by atoms with Crippen LogP contribution in [0.1, 0.15) is 34.1 Å². The second kappa shape index (κ2) is 7.11. The summed E-state index contributed by atoms with van der Waals surface area (Å²) in [6, 6.07) is 0. The number of ether oxygens (including phenoxy) is 1. The summed E-state index contributed by atoms with van der Waals surface area (Å²) in [6.07, 6.45) is -0.0147. The van der Waals surface area contributed by atoms with E-state index in [9.17, 15) is 14.7 Å². The average Bonchev–Trinajstić information content (AvgIpc) is 2.57. The van der Waals surface area contributed by atoms with Gasteiger partial charge in [-0.3, -0.25) is 4.79 Å². The summed E-state index contributed by atoms with van der Waals surface area (Å²) in [4.78, 5) is 27.2. The van der Waals surface area contributed by atoms with Crippen molar-refractivity contribution in [3.8, 4) is 0 Å². The van der Waals surface area contributed by atoms with Crippen molar-refractivity contribution < 1.29 is 19.4 Å². The Bertz CT molecular complexity index is 384. The lowest BCUT2D eigenvalue weighted by Crippen LogP contribution is -2.52. The largest absolute Gasteiger partial charge is 0.453 e. The zero-order chi connectivity index (χ0) is 16.2. The molecule has 0 aromatic carbocycles. The molecule has 1 heterocycles. The van der Waals surface area contributed by atoms with Gasteiger partial charge in [0.05, 0.1) is 20.2 Å². The second-order valence-corrected chi connectivity index (χ2v) is 6.56. The van der Waals surface area contributed by atoms with Crippen LogP contribution in [0.2, 0.25) is 0 Å². The summed E-state index contributed by atoms with van der Waals surface area (Å²) >= 11 is 0. The van der Waals surface area contributed by atoms with Gasteiger partial charge in [-0.25, -0.2) is 4.79 Å². The molecule has 0 aromatic heterocycles. The topological polar surface area (TPSA) is 70.1 Å². The van der Waals surface area contributed by atoms with Gasteiger partial charge in [-0.15, -0.1) is 0 Å². The molecule has 1 aliphatic heterocycles. The molecule has 0 saturated carbocycles. The van der Waals surface area contributed by atoms with Gasteiger partial charge in [0.15, 0.2) is 0 Å². The van der Waals surface area contributed by atoms with Crippen LogP contribution in [0.3, 0.4) is 0 Å². The predicted molar refractivity (Wildman–Crippen MR) is 79.8 cm³/mol. The number of hydrogen-bond donors (Lipinski definition) is 1. The van der Waals surface area contributed by atoms with Crippen LogP contribution in [-0.4, -0.2) is 65.8 Å². The number of nitrogens with zero attached hydrogens (tertiary/aromatic N) is 2. The van der Waals surface area contributed by atoms with Gasteiger partial charge in [-0.2, -0.15) is 0 Å². The van der Waals surface area contributed by atoms with E-state index in [1.807, 2.05) is 27.7 Å². The first-order chi connectivity index (χ1) is 9.69. The summed E-state index contributed by atoms with van der Waals surface area (Å²) in [5, 5.41) is 10.9. The van der Waals surface area contributed by atoms with Gasteiger partial charge in [-0.05, 0) is 11.8 Å². The zero-order valence-electron chi connectivity index (χ0n) is 13.8. The number of carbonyl (C=O) groups is 2. The number of hydrogen-bond acceptors (Lipinski definition) is 4. The molecule has 1 rings (SSSR count). The van der Waals surface area contributed by atoms with Crippen molar-refractivity contribution in [3.63, 3.8) is 0 Å². The van der Waals surface area contributed by atoms with Crippen molar-refractivity contribution in [2.75, 3.05) is 33.3 Å². The Morgan fingerprint density at radius 3 is 2.14 bits per heavy atom. The predicted octanol–water partition coefficient (Wildman–Crippen LogP) is 1.33. The SMILES string of the molecule is COC(=O)N1CCN(C(=O)CC(C)C)CC(O)(C(C)C)C1. The van der Waals surface area contributed by atoms with E-state index < -0.39 is 11.7 Å². The maximum Gasteiger partial charge on any atom is 0.409 e. The Morgan fingerprint density at radius 2 is 1.67 bits per heavy atom. The quantitative estimate of drug-likeness (QED) is 0.853. The fourth-order valence-corrected chi connectivity index (χ4v) is 2.45. The monoisotopic (exact) mass is 300 g/mol. The van der Waals surface area contributed by atoms with Crippen LogP contribution >= 0.6 is 0 Å². The normalized spacial score (nSPS) is 23.4. The van der Waals surface area contributed by atoms with Crippen molar-refractivity contribution in [1.82, 2.24) is 9.80 Å². The number of rotatable bonds is 3. The van der Waals surface area contributed by atoms with Gasteiger partial charge in [0, 0.05) is 19.5 Å². The van der Waals surface area contributed by atoms with Gasteiger partial charge >= 0.3 is 6.09 Å². The minimum absolute atomic E-state index is 0.0239. The summed E-state index contributed by atoms with van der Waals surface area (Å²) < 4.78 is 4.75. The third-order valence-corrected chi connectivity index (χ3v) is 4.01. The fraction of sp³-hybridized carbons (Fsp3) is 0.867. The van der Waals surface area contributed by atoms with Gasteiger partial charge < -0.3 is 19.6 Å². The fourth-order valence-electron chi connectivity index (χ4n) is 2.45. The zero-order valence-corrected chi connectivity index (χ0v) is 13.8.